The summed E-state index contributed by atoms with van der Waals surface area (Å²) >= 11 is 3.28. The number of halogens is 1. The first-order chi connectivity index (χ1) is 10.4. The minimum Gasteiger partial charge on any atom is -0.338 e. The third-order valence-electron chi connectivity index (χ3n) is 2.00. The molecule has 1 amide bonds. The summed E-state index contributed by atoms with van der Waals surface area (Å²) in [5.41, 5.74) is 0.497. The summed E-state index contributed by atoms with van der Waals surface area (Å²) in [5, 5.41) is 0. The average molecular weight is 375 g/mol. The molecule has 0 unspecified atom stereocenters. The van der Waals surface area contributed by atoms with Gasteiger partial charge in [-0.05, 0) is 47.8 Å². The fourth-order valence-electron chi connectivity index (χ4n) is 1.18. The SMILES string of the molecule is CC.CC.CC(C)C.CCN(CC)C(=O)c1ccc(Br)cn1. The highest BCUT2D eigenvalue weighted by Crippen LogP contribution is 2.09. The molecule has 0 atom stereocenters. The van der Waals surface area contributed by atoms with Gasteiger partial charge in [0.2, 0.25) is 0 Å². The van der Waals surface area contributed by atoms with Crippen LogP contribution in [-0.4, -0.2) is 28.9 Å². The van der Waals surface area contributed by atoms with Crippen LogP contribution >= 0.6 is 15.9 Å². The normalized spacial score (nSPS) is 8.50. The zero-order valence-corrected chi connectivity index (χ0v) is 17.5. The van der Waals surface area contributed by atoms with Crippen LogP contribution in [0.3, 0.4) is 0 Å². The molecule has 0 spiro atoms. The number of carbonyl (C=O) groups excluding carboxylic acids is 1. The van der Waals surface area contributed by atoms with Crippen LogP contribution in [0.15, 0.2) is 22.8 Å². The van der Waals surface area contributed by atoms with E-state index >= 15 is 0 Å². The summed E-state index contributed by atoms with van der Waals surface area (Å²) in [5.74, 6) is 0.822. The van der Waals surface area contributed by atoms with Gasteiger partial charge in [0.05, 0.1) is 0 Å². The van der Waals surface area contributed by atoms with Crippen LogP contribution in [0.5, 0.6) is 0 Å². The fourth-order valence-corrected chi connectivity index (χ4v) is 1.41. The van der Waals surface area contributed by atoms with Crippen molar-refractivity contribution in [2.75, 3.05) is 13.1 Å². The second kappa shape index (κ2) is 18.1. The van der Waals surface area contributed by atoms with Crippen molar-refractivity contribution >= 4 is 21.8 Å². The highest BCUT2D eigenvalue weighted by molar-refractivity contribution is 9.10. The van der Waals surface area contributed by atoms with E-state index in [1.54, 1.807) is 17.2 Å². The predicted octanol–water partition coefficient (Wildman–Crippen LogP) is 6.04. The molecule has 1 heterocycles. The molecule has 1 aromatic rings. The van der Waals surface area contributed by atoms with E-state index < -0.39 is 0 Å². The largest absolute Gasteiger partial charge is 0.338 e. The second-order valence-corrected chi connectivity index (χ2v) is 5.49. The summed E-state index contributed by atoms with van der Waals surface area (Å²) in [4.78, 5) is 17.6. The third-order valence-corrected chi connectivity index (χ3v) is 2.47. The Bertz CT molecular complexity index is 344. The maximum atomic E-state index is 11.8. The number of pyridine rings is 1. The van der Waals surface area contributed by atoms with Crippen molar-refractivity contribution in [2.24, 2.45) is 5.92 Å². The average Bonchev–Trinajstić information content (AvgIpc) is 2.52. The zero-order valence-electron chi connectivity index (χ0n) is 15.9. The number of aromatic nitrogens is 1. The Morgan fingerprint density at radius 1 is 1.09 bits per heavy atom. The Morgan fingerprint density at radius 3 is 1.77 bits per heavy atom. The molecule has 0 aliphatic heterocycles. The number of amides is 1. The molecule has 0 aliphatic rings. The first-order valence-electron chi connectivity index (χ1n) is 8.33. The van der Waals surface area contributed by atoms with Gasteiger partial charge in [0.15, 0.2) is 0 Å². The van der Waals surface area contributed by atoms with Gasteiger partial charge in [-0.25, -0.2) is 4.98 Å². The van der Waals surface area contributed by atoms with Crippen molar-refractivity contribution in [2.45, 2.75) is 62.3 Å². The lowest BCUT2D eigenvalue weighted by atomic mass is 10.3. The summed E-state index contributed by atoms with van der Waals surface area (Å²) in [6, 6.07) is 3.55. The molecule has 0 saturated heterocycles. The van der Waals surface area contributed by atoms with Crippen LogP contribution in [0.1, 0.15) is 72.8 Å². The van der Waals surface area contributed by atoms with Crippen LogP contribution in [0.2, 0.25) is 0 Å². The van der Waals surface area contributed by atoms with Gasteiger partial charge < -0.3 is 4.90 Å². The Labute approximate surface area is 146 Å². The van der Waals surface area contributed by atoms with Crippen molar-refractivity contribution in [3.8, 4) is 0 Å². The van der Waals surface area contributed by atoms with E-state index in [1.165, 1.54) is 0 Å². The molecule has 4 heteroatoms. The van der Waals surface area contributed by atoms with Gasteiger partial charge in [-0.3, -0.25) is 4.79 Å². The number of rotatable bonds is 3. The fraction of sp³-hybridized carbons (Fsp3) is 0.667. The smallest absolute Gasteiger partial charge is 0.272 e. The summed E-state index contributed by atoms with van der Waals surface area (Å²) in [7, 11) is 0. The van der Waals surface area contributed by atoms with Gasteiger partial charge in [-0.2, -0.15) is 0 Å². The van der Waals surface area contributed by atoms with Crippen LogP contribution < -0.4 is 0 Å². The first kappa shape index (κ1) is 26.0. The van der Waals surface area contributed by atoms with E-state index in [2.05, 4.69) is 41.7 Å². The van der Waals surface area contributed by atoms with Crippen molar-refractivity contribution in [3.63, 3.8) is 0 Å². The molecule has 0 bridgehead atoms. The van der Waals surface area contributed by atoms with E-state index in [0.717, 1.165) is 10.4 Å². The molecule has 0 aliphatic carbocycles. The molecule has 1 rings (SSSR count). The van der Waals surface area contributed by atoms with Crippen molar-refractivity contribution in [3.05, 3.63) is 28.5 Å². The quantitative estimate of drug-likeness (QED) is 0.645. The molecule has 3 nitrogen and oxygen atoms in total. The molecule has 130 valence electrons. The molecule has 0 N–H and O–H groups in total. The lowest BCUT2D eigenvalue weighted by Gasteiger charge is -2.17. The summed E-state index contributed by atoms with van der Waals surface area (Å²) in [6.07, 6.45) is 1.64. The lowest BCUT2D eigenvalue weighted by molar-refractivity contribution is 0.0767. The van der Waals surface area contributed by atoms with Crippen molar-refractivity contribution in [1.29, 1.82) is 0 Å². The molecule has 22 heavy (non-hydrogen) atoms. The highest BCUT2D eigenvalue weighted by atomic mass is 79.9. The number of carbonyl (C=O) groups is 1. The molecule has 0 aromatic carbocycles. The monoisotopic (exact) mass is 374 g/mol. The van der Waals surface area contributed by atoms with Gasteiger partial charge in [-0.15, -0.1) is 0 Å². The molecule has 0 fully saturated rings. The van der Waals surface area contributed by atoms with Gasteiger partial charge in [0, 0.05) is 23.8 Å². The topological polar surface area (TPSA) is 33.2 Å². The minimum absolute atomic E-state index is 0.0116. The Balaban J connectivity index is -0.000000383. The number of nitrogens with zero attached hydrogens (tertiary/aromatic N) is 2. The van der Waals surface area contributed by atoms with Gasteiger partial charge >= 0.3 is 0 Å². The first-order valence-corrected chi connectivity index (χ1v) is 9.12. The zero-order chi connectivity index (χ0) is 18.1. The summed E-state index contributed by atoms with van der Waals surface area (Å²) < 4.78 is 0.883. The van der Waals surface area contributed by atoms with Crippen LogP contribution in [0.4, 0.5) is 0 Å². The number of hydrogen-bond donors (Lipinski definition) is 0. The van der Waals surface area contributed by atoms with Crippen LogP contribution in [-0.2, 0) is 0 Å². The van der Waals surface area contributed by atoms with E-state index in [0.29, 0.717) is 18.8 Å². The standard InChI is InChI=1S/C10H13BrN2O.C4H10.2C2H6/c1-3-13(4-2)10(14)9-6-5-8(11)7-12-9;1-4(2)3;2*1-2/h5-7H,3-4H2,1-2H3;4H,1-3H3;2*1-2H3. The van der Waals surface area contributed by atoms with E-state index in [4.69, 9.17) is 0 Å². The van der Waals surface area contributed by atoms with Crippen LogP contribution in [0, 0.1) is 5.92 Å². The van der Waals surface area contributed by atoms with E-state index in [9.17, 15) is 4.79 Å². The molecular weight excluding hydrogens is 340 g/mol. The summed E-state index contributed by atoms with van der Waals surface area (Å²) in [6.45, 7) is 19.8. The van der Waals surface area contributed by atoms with E-state index in [1.807, 2.05) is 47.6 Å². The van der Waals surface area contributed by atoms with Crippen molar-refractivity contribution in [1.82, 2.24) is 9.88 Å². The minimum atomic E-state index is -0.0116. The van der Waals surface area contributed by atoms with Crippen molar-refractivity contribution < 1.29 is 4.79 Å². The number of hydrogen-bond acceptors (Lipinski definition) is 2. The predicted molar refractivity (Wildman–Crippen MR) is 102 cm³/mol. The van der Waals surface area contributed by atoms with Gasteiger partial charge in [-0.1, -0.05) is 48.5 Å². The van der Waals surface area contributed by atoms with Crippen LogP contribution in [0.25, 0.3) is 0 Å². The van der Waals surface area contributed by atoms with E-state index in [-0.39, 0.29) is 5.91 Å². The molecule has 0 radical (unpaired) electrons. The Hall–Kier alpha value is -0.900. The maximum absolute atomic E-state index is 11.8. The maximum Gasteiger partial charge on any atom is 0.272 e. The molecule has 1 aromatic heterocycles. The Morgan fingerprint density at radius 2 is 1.50 bits per heavy atom. The molecule has 0 saturated carbocycles. The van der Waals surface area contributed by atoms with Gasteiger partial charge in [0.25, 0.3) is 5.91 Å². The second-order valence-electron chi connectivity index (χ2n) is 4.57. The third kappa shape index (κ3) is 14.1. The van der Waals surface area contributed by atoms with Gasteiger partial charge in [0.1, 0.15) is 5.69 Å². The lowest BCUT2D eigenvalue weighted by Crippen LogP contribution is -2.31. The Kier molecular flexibility index (Phi) is 21.5. The highest BCUT2D eigenvalue weighted by Gasteiger charge is 2.12. The molecular formula is C18H35BrN2O.